The van der Waals surface area contributed by atoms with Gasteiger partial charge in [0.2, 0.25) is 6.41 Å². The van der Waals surface area contributed by atoms with Crippen molar-refractivity contribution in [3.63, 3.8) is 0 Å². The van der Waals surface area contributed by atoms with Crippen molar-refractivity contribution in [3.05, 3.63) is 71.6 Å². The molecule has 184 valence electrons. The van der Waals surface area contributed by atoms with Crippen LogP contribution in [0.3, 0.4) is 0 Å². The first kappa shape index (κ1) is 22.8. The van der Waals surface area contributed by atoms with Crippen molar-refractivity contribution >= 4 is 17.7 Å². The molecule has 2 aromatic carbocycles. The van der Waals surface area contributed by atoms with E-state index in [0.29, 0.717) is 25.4 Å². The second-order valence-electron chi connectivity index (χ2n) is 9.03. The van der Waals surface area contributed by atoms with Gasteiger partial charge in [0, 0.05) is 42.6 Å². The number of halogens is 2. The molecule has 10 heteroatoms. The molecule has 1 amide bonds. The molecule has 2 aliphatic heterocycles. The number of fused-ring (bicyclic) bond motifs is 3. The van der Waals surface area contributed by atoms with Gasteiger partial charge in [0.15, 0.2) is 11.6 Å². The van der Waals surface area contributed by atoms with Gasteiger partial charge in [0.1, 0.15) is 23.6 Å². The molecule has 36 heavy (non-hydrogen) atoms. The van der Waals surface area contributed by atoms with Crippen LogP contribution in [-0.4, -0.2) is 64.3 Å². The molecule has 7 nitrogen and oxygen atoms in total. The van der Waals surface area contributed by atoms with Gasteiger partial charge in [0.25, 0.3) is 0 Å². The molecular formula is C26H23F2N5O2S. The van der Waals surface area contributed by atoms with Gasteiger partial charge in [-0.05, 0) is 48.5 Å². The molecule has 4 aromatic rings. The summed E-state index contributed by atoms with van der Waals surface area (Å²) in [4.78, 5) is 22.1. The van der Waals surface area contributed by atoms with Crippen LogP contribution in [0.2, 0.25) is 0 Å². The predicted molar refractivity (Wildman–Crippen MR) is 132 cm³/mol. The maximum Gasteiger partial charge on any atom is 0.210 e. The Kier molecular flexibility index (Phi) is 5.77. The number of piperazine rings is 1. The highest BCUT2D eigenvalue weighted by Gasteiger charge is 2.28. The minimum Gasteiger partial charge on any atom is -0.493 e. The third-order valence-electron chi connectivity index (χ3n) is 6.74. The number of nitrogens with zero attached hydrogens (tertiary/aromatic N) is 5. The van der Waals surface area contributed by atoms with E-state index in [4.69, 9.17) is 4.74 Å². The summed E-state index contributed by atoms with van der Waals surface area (Å²) in [6.45, 7) is 2.81. The lowest BCUT2D eigenvalue weighted by molar-refractivity contribution is -0.122. The van der Waals surface area contributed by atoms with E-state index in [1.165, 1.54) is 34.5 Å². The van der Waals surface area contributed by atoms with Crippen molar-refractivity contribution in [2.45, 2.75) is 12.5 Å². The fourth-order valence-electron chi connectivity index (χ4n) is 4.88. The summed E-state index contributed by atoms with van der Waals surface area (Å²) >= 11 is 1.54. The van der Waals surface area contributed by atoms with E-state index >= 15 is 0 Å². The van der Waals surface area contributed by atoms with Crippen molar-refractivity contribution in [2.75, 3.05) is 33.3 Å². The zero-order valence-electron chi connectivity index (χ0n) is 19.5. The summed E-state index contributed by atoms with van der Waals surface area (Å²) in [6.07, 6.45) is 3.00. The fourth-order valence-corrected chi connectivity index (χ4v) is 6.09. The number of hydrogen-bond donors (Lipinski definition) is 0. The standard InChI is InChI=1S/C26H23F2N5O2S/c1-31-7-8-32(15-34)22(13-31)16-2-5-23-19(10-16)25-17(6-9-35-23)11-24(36-25)26-29-14-30-33(26)21-4-3-18(27)12-20(21)28/h2-5,10-12,14-15,22H,6-9,13H2,1H3. The molecule has 1 saturated heterocycles. The predicted octanol–water partition coefficient (Wildman–Crippen LogP) is 4.32. The Hall–Kier alpha value is -3.63. The summed E-state index contributed by atoms with van der Waals surface area (Å²) in [5.74, 6) is -0.0806. The van der Waals surface area contributed by atoms with Gasteiger partial charge in [-0.2, -0.15) is 5.10 Å². The summed E-state index contributed by atoms with van der Waals surface area (Å²) in [7, 11) is 2.06. The molecule has 1 atom stereocenters. The monoisotopic (exact) mass is 507 g/mol. The lowest BCUT2D eigenvalue weighted by Crippen LogP contribution is -2.46. The largest absolute Gasteiger partial charge is 0.493 e. The normalized spacial score (nSPS) is 17.8. The minimum atomic E-state index is -0.708. The first-order chi connectivity index (χ1) is 17.5. The average molecular weight is 508 g/mol. The summed E-state index contributed by atoms with van der Waals surface area (Å²) < 4.78 is 35.4. The quantitative estimate of drug-likeness (QED) is 0.385. The van der Waals surface area contributed by atoms with E-state index in [0.717, 1.165) is 57.8 Å². The molecule has 6 rings (SSSR count). The molecule has 1 unspecified atom stereocenters. The molecule has 4 heterocycles. The lowest BCUT2D eigenvalue weighted by atomic mass is 9.98. The Morgan fingerprint density at radius 1 is 1.14 bits per heavy atom. The number of aromatic nitrogens is 3. The molecule has 0 N–H and O–H groups in total. The molecule has 0 bridgehead atoms. The van der Waals surface area contributed by atoms with Crippen LogP contribution in [-0.2, 0) is 11.2 Å². The second-order valence-corrected chi connectivity index (χ2v) is 10.1. The van der Waals surface area contributed by atoms with Gasteiger partial charge < -0.3 is 14.5 Å². The second kappa shape index (κ2) is 9.11. The van der Waals surface area contributed by atoms with Gasteiger partial charge in [-0.15, -0.1) is 11.3 Å². The number of rotatable bonds is 4. The number of carbonyl (C=O) groups excluding carboxylic acids is 1. The van der Waals surface area contributed by atoms with Gasteiger partial charge >= 0.3 is 0 Å². The minimum absolute atomic E-state index is 0.0396. The summed E-state index contributed by atoms with van der Waals surface area (Å²) in [5.41, 5.74) is 3.26. The van der Waals surface area contributed by atoms with Crippen LogP contribution in [0.1, 0.15) is 17.2 Å². The fraction of sp³-hybridized carbons (Fsp3) is 0.269. The SMILES string of the molecule is CN1CCN(C=O)C(c2ccc3c(c2)-c2sc(-c4ncnn4-c4ccc(F)cc4F)cc2CCO3)C1. The number of benzene rings is 2. The lowest BCUT2D eigenvalue weighted by Gasteiger charge is -2.38. The third-order valence-corrected chi connectivity index (χ3v) is 7.94. The first-order valence-electron chi connectivity index (χ1n) is 11.7. The molecule has 2 aromatic heterocycles. The zero-order valence-corrected chi connectivity index (χ0v) is 20.3. The van der Waals surface area contributed by atoms with Crippen molar-refractivity contribution in [2.24, 2.45) is 0 Å². The molecule has 0 spiro atoms. The van der Waals surface area contributed by atoms with E-state index in [1.807, 2.05) is 23.1 Å². The van der Waals surface area contributed by atoms with Crippen LogP contribution in [0.5, 0.6) is 5.75 Å². The highest BCUT2D eigenvalue weighted by Crippen LogP contribution is 2.45. The number of ether oxygens (including phenoxy) is 1. The smallest absolute Gasteiger partial charge is 0.210 e. The van der Waals surface area contributed by atoms with Crippen LogP contribution < -0.4 is 4.74 Å². The highest BCUT2D eigenvalue weighted by molar-refractivity contribution is 7.19. The highest BCUT2D eigenvalue weighted by atomic mass is 32.1. The zero-order chi connectivity index (χ0) is 24.8. The number of thiophene rings is 1. The van der Waals surface area contributed by atoms with E-state index in [1.54, 1.807) is 0 Å². The van der Waals surface area contributed by atoms with Crippen molar-refractivity contribution in [3.8, 4) is 32.6 Å². The Morgan fingerprint density at radius 2 is 2.03 bits per heavy atom. The third kappa shape index (κ3) is 3.96. The molecule has 1 fully saturated rings. The molecular weight excluding hydrogens is 484 g/mol. The molecule has 0 radical (unpaired) electrons. The van der Waals surface area contributed by atoms with E-state index in [2.05, 4.69) is 28.1 Å². The van der Waals surface area contributed by atoms with E-state index < -0.39 is 11.6 Å². The molecule has 2 aliphatic rings. The number of hydrogen-bond acceptors (Lipinski definition) is 6. The summed E-state index contributed by atoms with van der Waals surface area (Å²) in [5, 5.41) is 4.20. The topological polar surface area (TPSA) is 63.5 Å². The van der Waals surface area contributed by atoms with E-state index in [9.17, 15) is 13.6 Å². The number of amides is 1. The first-order valence-corrected chi connectivity index (χ1v) is 12.5. The van der Waals surface area contributed by atoms with Crippen LogP contribution in [0.15, 0.2) is 48.8 Å². The summed E-state index contributed by atoms with van der Waals surface area (Å²) in [6, 6.07) is 11.5. The van der Waals surface area contributed by atoms with Gasteiger partial charge in [-0.3, -0.25) is 4.79 Å². The number of carbonyl (C=O) groups is 1. The van der Waals surface area contributed by atoms with Crippen LogP contribution in [0.4, 0.5) is 8.78 Å². The van der Waals surface area contributed by atoms with Crippen LogP contribution in [0, 0.1) is 11.6 Å². The average Bonchev–Trinajstić information content (AvgIpc) is 3.48. The van der Waals surface area contributed by atoms with Crippen LogP contribution in [0.25, 0.3) is 26.8 Å². The Bertz CT molecular complexity index is 1450. The molecule has 0 aliphatic carbocycles. The van der Waals surface area contributed by atoms with Gasteiger partial charge in [-0.25, -0.2) is 18.4 Å². The van der Waals surface area contributed by atoms with Crippen molar-refractivity contribution in [1.82, 2.24) is 24.6 Å². The Labute approximate surface area is 210 Å². The Morgan fingerprint density at radius 3 is 2.86 bits per heavy atom. The Balaban J connectivity index is 1.42. The molecule has 0 saturated carbocycles. The number of likely N-dealkylation sites (N-methyl/N-ethyl adjacent to an activating group) is 1. The van der Waals surface area contributed by atoms with Crippen molar-refractivity contribution < 1.29 is 18.3 Å². The maximum atomic E-state index is 14.5. The van der Waals surface area contributed by atoms with Gasteiger partial charge in [-0.1, -0.05) is 6.07 Å². The van der Waals surface area contributed by atoms with E-state index in [-0.39, 0.29) is 11.7 Å². The van der Waals surface area contributed by atoms with Gasteiger partial charge in [0.05, 0.1) is 17.5 Å². The van der Waals surface area contributed by atoms with Crippen molar-refractivity contribution in [1.29, 1.82) is 0 Å². The maximum absolute atomic E-state index is 14.5. The van der Waals surface area contributed by atoms with Crippen LogP contribution >= 0.6 is 11.3 Å².